The van der Waals surface area contributed by atoms with E-state index in [2.05, 4.69) is 10.2 Å². The zero-order valence-corrected chi connectivity index (χ0v) is 16.3. The van der Waals surface area contributed by atoms with Crippen molar-refractivity contribution in [3.05, 3.63) is 29.8 Å². The fraction of sp³-hybridized carbons (Fsp3) is 0.632. The van der Waals surface area contributed by atoms with Gasteiger partial charge < -0.3 is 19.7 Å². The summed E-state index contributed by atoms with van der Waals surface area (Å²) in [6, 6.07) is 7.94. The summed E-state index contributed by atoms with van der Waals surface area (Å²) in [7, 11) is 4.04. The van der Waals surface area contributed by atoms with Crippen molar-refractivity contribution in [1.82, 2.24) is 10.2 Å². The molecule has 1 N–H and O–H groups in total. The van der Waals surface area contributed by atoms with Crippen LogP contribution in [0.1, 0.15) is 40.2 Å². The highest BCUT2D eigenvalue weighted by Gasteiger charge is 2.15. The summed E-state index contributed by atoms with van der Waals surface area (Å²) in [6.07, 6.45) is 0.383. The Morgan fingerprint density at radius 1 is 1.12 bits per heavy atom. The summed E-state index contributed by atoms with van der Waals surface area (Å²) in [5, 5.41) is 2.75. The van der Waals surface area contributed by atoms with Gasteiger partial charge in [0.15, 0.2) is 0 Å². The van der Waals surface area contributed by atoms with E-state index in [-0.39, 0.29) is 6.09 Å². The van der Waals surface area contributed by atoms with E-state index in [0.29, 0.717) is 13.2 Å². The number of rotatable bonds is 7. The van der Waals surface area contributed by atoms with E-state index in [1.165, 1.54) is 0 Å². The van der Waals surface area contributed by atoms with Gasteiger partial charge in [0.05, 0.1) is 0 Å². The number of nitrogens with zero attached hydrogens (tertiary/aromatic N) is 1. The molecule has 5 heteroatoms. The van der Waals surface area contributed by atoms with E-state index in [1.54, 1.807) is 0 Å². The van der Waals surface area contributed by atoms with Crippen LogP contribution in [0.15, 0.2) is 24.3 Å². The summed E-state index contributed by atoms with van der Waals surface area (Å²) in [5.41, 5.74) is 0.686. The Labute approximate surface area is 147 Å². The molecular formula is C19H34N2O3. The van der Waals surface area contributed by atoms with Crippen molar-refractivity contribution in [1.29, 1.82) is 0 Å². The molecule has 5 nitrogen and oxygen atoms in total. The summed E-state index contributed by atoms with van der Waals surface area (Å²) in [4.78, 5) is 13.6. The predicted octanol–water partition coefficient (Wildman–Crippen LogP) is 3.72. The second-order valence-electron chi connectivity index (χ2n) is 6.47. The van der Waals surface area contributed by atoms with Gasteiger partial charge in [-0.05, 0) is 59.0 Å². The molecule has 1 rings (SSSR count). The zero-order chi connectivity index (χ0) is 18.6. The van der Waals surface area contributed by atoms with Crippen LogP contribution in [0.4, 0.5) is 4.79 Å². The van der Waals surface area contributed by atoms with Crippen molar-refractivity contribution in [2.75, 3.05) is 33.8 Å². The highest BCUT2D eigenvalue weighted by atomic mass is 16.6. The van der Waals surface area contributed by atoms with Gasteiger partial charge in [0.25, 0.3) is 0 Å². The number of hydrogen-bond acceptors (Lipinski definition) is 4. The van der Waals surface area contributed by atoms with E-state index < -0.39 is 5.60 Å². The van der Waals surface area contributed by atoms with Crippen molar-refractivity contribution in [3.63, 3.8) is 0 Å². The van der Waals surface area contributed by atoms with Crippen LogP contribution >= 0.6 is 0 Å². The number of amides is 1. The molecule has 1 aromatic rings. The molecule has 0 aliphatic rings. The van der Waals surface area contributed by atoms with Crippen LogP contribution in [0.25, 0.3) is 0 Å². The number of carbonyl (C=O) groups is 1. The minimum atomic E-state index is -0.463. The molecule has 0 saturated heterocycles. The van der Waals surface area contributed by atoms with E-state index in [1.807, 2.05) is 73.0 Å². The lowest BCUT2D eigenvalue weighted by molar-refractivity contribution is 0.0528. The Kier molecular flexibility index (Phi) is 10.9. The van der Waals surface area contributed by atoms with Gasteiger partial charge in [-0.2, -0.15) is 0 Å². The zero-order valence-electron chi connectivity index (χ0n) is 16.3. The maximum atomic E-state index is 11.5. The Bertz CT molecular complexity index is 451. The lowest BCUT2D eigenvalue weighted by Crippen LogP contribution is -2.33. The van der Waals surface area contributed by atoms with Gasteiger partial charge in [0.2, 0.25) is 0 Å². The SMILES string of the molecule is CC.CN(C)CCOc1ccc(CCNC(=O)OC(C)(C)C)cc1. The van der Waals surface area contributed by atoms with Crippen LogP contribution in [0.2, 0.25) is 0 Å². The average molecular weight is 338 g/mol. The first-order valence-corrected chi connectivity index (χ1v) is 8.59. The largest absolute Gasteiger partial charge is 0.492 e. The third-order valence-corrected chi connectivity index (χ3v) is 2.81. The Balaban J connectivity index is 0.00000254. The van der Waals surface area contributed by atoms with E-state index >= 15 is 0 Å². The molecule has 1 aromatic carbocycles. The van der Waals surface area contributed by atoms with E-state index in [4.69, 9.17) is 9.47 Å². The fourth-order valence-electron chi connectivity index (χ4n) is 1.72. The van der Waals surface area contributed by atoms with Gasteiger partial charge in [0.1, 0.15) is 18.0 Å². The number of nitrogens with one attached hydrogen (secondary N) is 1. The van der Waals surface area contributed by atoms with Crippen LogP contribution in [0.5, 0.6) is 5.75 Å². The van der Waals surface area contributed by atoms with Gasteiger partial charge in [-0.3, -0.25) is 0 Å². The van der Waals surface area contributed by atoms with Crippen molar-refractivity contribution in [3.8, 4) is 5.75 Å². The molecule has 0 atom stereocenters. The standard InChI is InChI=1S/C17H28N2O3.C2H6/c1-17(2,3)22-16(20)18-11-10-14-6-8-15(9-7-14)21-13-12-19(4)5;1-2/h6-9H,10-13H2,1-5H3,(H,18,20);1-2H3. The number of benzene rings is 1. The Morgan fingerprint density at radius 3 is 2.21 bits per heavy atom. The van der Waals surface area contributed by atoms with Crippen molar-refractivity contribution in [2.24, 2.45) is 0 Å². The lowest BCUT2D eigenvalue weighted by Gasteiger charge is -2.19. The van der Waals surface area contributed by atoms with E-state index in [9.17, 15) is 4.79 Å². The smallest absolute Gasteiger partial charge is 0.407 e. The van der Waals surface area contributed by atoms with Gasteiger partial charge in [-0.15, -0.1) is 0 Å². The first-order chi connectivity index (χ1) is 11.3. The van der Waals surface area contributed by atoms with Crippen LogP contribution in [0.3, 0.4) is 0 Å². The number of carbonyl (C=O) groups excluding carboxylic acids is 1. The second-order valence-corrected chi connectivity index (χ2v) is 6.47. The molecule has 138 valence electrons. The second kappa shape index (κ2) is 11.7. The third-order valence-electron chi connectivity index (χ3n) is 2.81. The molecule has 0 bridgehead atoms. The van der Waals surface area contributed by atoms with Gasteiger partial charge in [-0.25, -0.2) is 4.79 Å². The Hall–Kier alpha value is -1.75. The first kappa shape index (κ1) is 22.2. The van der Waals surface area contributed by atoms with E-state index in [0.717, 1.165) is 24.3 Å². The summed E-state index contributed by atoms with van der Waals surface area (Å²) >= 11 is 0. The third kappa shape index (κ3) is 11.8. The molecule has 0 radical (unpaired) electrons. The molecule has 0 unspecified atom stereocenters. The molecule has 1 amide bonds. The number of alkyl carbamates (subject to hydrolysis) is 1. The highest BCUT2D eigenvalue weighted by molar-refractivity contribution is 5.67. The molecule has 0 aromatic heterocycles. The fourth-order valence-corrected chi connectivity index (χ4v) is 1.72. The van der Waals surface area contributed by atoms with Gasteiger partial charge in [0, 0.05) is 13.1 Å². The van der Waals surface area contributed by atoms with Crippen molar-refractivity contribution < 1.29 is 14.3 Å². The monoisotopic (exact) mass is 338 g/mol. The normalized spacial score (nSPS) is 10.7. The number of hydrogen-bond donors (Lipinski definition) is 1. The lowest BCUT2D eigenvalue weighted by atomic mass is 10.1. The quantitative estimate of drug-likeness (QED) is 0.823. The van der Waals surface area contributed by atoms with Crippen LogP contribution in [0, 0.1) is 0 Å². The van der Waals surface area contributed by atoms with Gasteiger partial charge >= 0.3 is 6.09 Å². The summed E-state index contributed by atoms with van der Waals surface area (Å²) in [5.74, 6) is 0.866. The van der Waals surface area contributed by atoms with Crippen molar-refractivity contribution >= 4 is 6.09 Å². The van der Waals surface area contributed by atoms with Gasteiger partial charge in [-0.1, -0.05) is 26.0 Å². The molecule has 0 heterocycles. The molecule has 0 saturated carbocycles. The van der Waals surface area contributed by atoms with Crippen LogP contribution in [-0.4, -0.2) is 50.4 Å². The van der Waals surface area contributed by atoms with Crippen LogP contribution < -0.4 is 10.1 Å². The molecule has 24 heavy (non-hydrogen) atoms. The maximum absolute atomic E-state index is 11.5. The molecule has 0 spiro atoms. The minimum absolute atomic E-state index is 0.379. The topological polar surface area (TPSA) is 50.8 Å². The number of ether oxygens (including phenoxy) is 2. The predicted molar refractivity (Wildman–Crippen MR) is 99.8 cm³/mol. The highest BCUT2D eigenvalue weighted by Crippen LogP contribution is 2.12. The minimum Gasteiger partial charge on any atom is -0.492 e. The molecule has 0 aliphatic carbocycles. The average Bonchev–Trinajstić information content (AvgIpc) is 2.49. The summed E-state index contributed by atoms with van der Waals surface area (Å²) in [6.45, 7) is 11.7. The number of likely N-dealkylation sites (N-methyl/N-ethyl adjacent to an activating group) is 1. The molecule has 0 fully saturated rings. The summed E-state index contributed by atoms with van der Waals surface area (Å²) < 4.78 is 10.8. The molecular weight excluding hydrogens is 304 g/mol. The molecule has 0 aliphatic heterocycles. The maximum Gasteiger partial charge on any atom is 0.407 e. The van der Waals surface area contributed by atoms with Crippen molar-refractivity contribution in [2.45, 2.75) is 46.6 Å². The van der Waals surface area contributed by atoms with Crippen LogP contribution in [-0.2, 0) is 11.2 Å². The first-order valence-electron chi connectivity index (χ1n) is 8.59. The Morgan fingerprint density at radius 2 is 1.71 bits per heavy atom.